The fourth-order valence-corrected chi connectivity index (χ4v) is 0.813. The van der Waals surface area contributed by atoms with E-state index in [1.165, 1.54) is 0 Å². The first-order valence-corrected chi connectivity index (χ1v) is 3.71. The third kappa shape index (κ3) is 3.31. The Morgan fingerprint density at radius 1 is 1.46 bits per heavy atom. The van der Waals surface area contributed by atoms with Crippen molar-refractivity contribution >= 4 is 12.2 Å². The maximum absolute atomic E-state index is 10.7. The smallest absolute Gasteiger partial charge is 0.413 e. The second-order valence-electron chi connectivity index (χ2n) is 2.34. The first kappa shape index (κ1) is 9.16. The number of carbonyl (C=O) groups is 1. The highest BCUT2D eigenvalue weighted by atomic mass is 16.5. The summed E-state index contributed by atoms with van der Waals surface area (Å²) in [6.07, 6.45) is 0.711. The van der Waals surface area contributed by atoms with Gasteiger partial charge < -0.3 is 10.3 Å². The van der Waals surface area contributed by atoms with Crippen LogP contribution in [0, 0.1) is 0 Å². The van der Waals surface area contributed by atoms with Gasteiger partial charge in [0, 0.05) is 0 Å². The second-order valence-corrected chi connectivity index (χ2v) is 2.34. The number of carbonyl (C=O) groups excluding carboxylic acids is 1. The van der Waals surface area contributed by atoms with Crippen LogP contribution in [0.2, 0.25) is 0 Å². The molecule has 0 saturated heterocycles. The van der Waals surface area contributed by atoms with Crippen molar-refractivity contribution in [3.8, 4) is 0 Å². The highest BCUT2D eigenvalue weighted by Gasteiger charge is 2.02. The highest BCUT2D eigenvalue weighted by Crippen LogP contribution is 1.99. The lowest BCUT2D eigenvalue weighted by atomic mass is 10.2. The van der Waals surface area contributed by atoms with Crippen molar-refractivity contribution in [2.24, 2.45) is 0 Å². The molecule has 0 N–H and O–H groups in total. The highest BCUT2D eigenvalue weighted by molar-refractivity contribution is 6.20. The van der Waals surface area contributed by atoms with E-state index in [1.54, 1.807) is 0 Å². The van der Waals surface area contributed by atoms with Gasteiger partial charge in [-0.1, -0.05) is 30.3 Å². The van der Waals surface area contributed by atoms with Gasteiger partial charge in [-0.05, 0) is 5.56 Å². The Hall–Kier alpha value is -1.93. The molecule has 66 valence electrons. The normalized spacial score (nSPS) is 8.62. The molecule has 0 fully saturated rings. The molecule has 0 unspecified atom stereocenters. The third-order valence-electron chi connectivity index (χ3n) is 1.39. The van der Waals surface area contributed by atoms with Gasteiger partial charge in [0.25, 0.3) is 0 Å². The minimum absolute atomic E-state index is 0.186. The summed E-state index contributed by atoms with van der Waals surface area (Å²) >= 11 is 0. The summed E-state index contributed by atoms with van der Waals surface area (Å²) in [4.78, 5) is 13.2. The molecular formula is C9H8N2O2. The zero-order chi connectivity index (χ0) is 9.52. The van der Waals surface area contributed by atoms with Crippen LogP contribution in [0.15, 0.2) is 30.3 Å². The molecule has 4 nitrogen and oxygen atoms in total. The molecule has 0 saturated carbocycles. The monoisotopic (exact) mass is 176 g/mol. The van der Waals surface area contributed by atoms with E-state index in [0.29, 0.717) is 6.21 Å². The van der Waals surface area contributed by atoms with Gasteiger partial charge in [0.1, 0.15) is 6.61 Å². The summed E-state index contributed by atoms with van der Waals surface area (Å²) in [5.41, 5.74) is 8.89. The van der Waals surface area contributed by atoms with E-state index < -0.39 is 5.97 Å². The van der Waals surface area contributed by atoms with E-state index in [1.807, 2.05) is 30.3 Å². The SMILES string of the molecule is [N-]=[N+]=CC(=O)OCc1ccccc1. The molecule has 0 heterocycles. The van der Waals surface area contributed by atoms with Crippen LogP contribution in [0.1, 0.15) is 5.56 Å². The lowest BCUT2D eigenvalue weighted by molar-refractivity contribution is -0.140. The van der Waals surface area contributed by atoms with Crippen molar-refractivity contribution in [1.82, 2.24) is 0 Å². The van der Waals surface area contributed by atoms with Crippen molar-refractivity contribution in [1.29, 1.82) is 0 Å². The van der Waals surface area contributed by atoms with Crippen LogP contribution in [0.5, 0.6) is 0 Å². The summed E-state index contributed by atoms with van der Waals surface area (Å²) in [6.45, 7) is 0.186. The molecule has 0 aliphatic rings. The van der Waals surface area contributed by atoms with Crippen LogP contribution in [-0.4, -0.2) is 17.0 Å². The van der Waals surface area contributed by atoms with Crippen LogP contribution >= 0.6 is 0 Å². The van der Waals surface area contributed by atoms with Crippen LogP contribution < -0.4 is 0 Å². The Labute approximate surface area is 75.4 Å². The third-order valence-corrected chi connectivity index (χ3v) is 1.39. The molecule has 0 atom stereocenters. The number of rotatable bonds is 3. The van der Waals surface area contributed by atoms with E-state index >= 15 is 0 Å². The van der Waals surface area contributed by atoms with Crippen LogP contribution in [0.4, 0.5) is 0 Å². The predicted molar refractivity (Wildman–Crippen MR) is 45.9 cm³/mol. The predicted octanol–water partition coefficient (Wildman–Crippen LogP) is 1.03. The van der Waals surface area contributed by atoms with E-state index in [-0.39, 0.29) is 6.61 Å². The minimum atomic E-state index is -0.661. The molecule has 0 bridgehead atoms. The molecular weight excluding hydrogens is 168 g/mol. The van der Waals surface area contributed by atoms with Crippen molar-refractivity contribution in [2.75, 3.05) is 0 Å². The summed E-state index contributed by atoms with van der Waals surface area (Å²) in [7, 11) is 0. The van der Waals surface area contributed by atoms with Crippen LogP contribution in [-0.2, 0) is 16.1 Å². The Bertz CT molecular complexity index is 329. The first-order chi connectivity index (χ1) is 6.33. The van der Waals surface area contributed by atoms with Gasteiger partial charge in [-0.15, -0.1) is 0 Å². The van der Waals surface area contributed by atoms with Crippen molar-refractivity contribution in [3.05, 3.63) is 41.4 Å². The number of benzene rings is 1. The van der Waals surface area contributed by atoms with Crippen LogP contribution in [0.3, 0.4) is 0 Å². The van der Waals surface area contributed by atoms with E-state index in [4.69, 9.17) is 10.3 Å². The fraction of sp³-hybridized carbons (Fsp3) is 0.111. The molecule has 0 spiro atoms. The number of hydrogen-bond donors (Lipinski definition) is 0. The number of nitrogens with zero attached hydrogens (tertiary/aromatic N) is 2. The maximum Gasteiger partial charge on any atom is 0.413 e. The molecule has 0 aromatic heterocycles. The zero-order valence-electron chi connectivity index (χ0n) is 6.88. The molecule has 0 aliphatic carbocycles. The lowest BCUT2D eigenvalue weighted by Crippen LogP contribution is -2.05. The number of esters is 1. The van der Waals surface area contributed by atoms with Crippen molar-refractivity contribution < 1.29 is 14.3 Å². The van der Waals surface area contributed by atoms with Gasteiger partial charge in [-0.2, -0.15) is 4.79 Å². The molecule has 1 aromatic rings. The van der Waals surface area contributed by atoms with Gasteiger partial charge in [0.05, 0.1) is 0 Å². The number of ether oxygens (including phenoxy) is 1. The molecule has 1 aromatic carbocycles. The fourth-order valence-electron chi connectivity index (χ4n) is 0.813. The van der Waals surface area contributed by atoms with Crippen molar-refractivity contribution in [3.63, 3.8) is 0 Å². The van der Waals surface area contributed by atoms with Crippen LogP contribution in [0.25, 0.3) is 5.53 Å². The summed E-state index contributed by atoms with van der Waals surface area (Å²) in [6, 6.07) is 9.25. The average molecular weight is 176 g/mol. The van der Waals surface area contributed by atoms with Gasteiger partial charge in [-0.3, -0.25) is 0 Å². The zero-order valence-corrected chi connectivity index (χ0v) is 6.88. The van der Waals surface area contributed by atoms with Gasteiger partial charge in [0.15, 0.2) is 0 Å². The molecule has 0 radical (unpaired) electrons. The standard InChI is InChI=1S/C9H8N2O2/c10-11-6-9(12)13-7-8-4-2-1-3-5-8/h1-6H,7H2. The summed E-state index contributed by atoms with van der Waals surface area (Å²) in [5, 5.41) is 0. The quantitative estimate of drug-likeness (QED) is 0.299. The summed E-state index contributed by atoms with van der Waals surface area (Å²) < 4.78 is 4.72. The average Bonchev–Trinajstić information content (AvgIpc) is 2.17. The van der Waals surface area contributed by atoms with E-state index in [0.717, 1.165) is 5.56 Å². The van der Waals surface area contributed by atoms with Crippen molar-refractivity contribution in [2.45, 2.75) is 6.61 Å². The van der Waals surface area contributed by atoms with Gasteiger partial charge >= 0.3 is 12.2 Å². The minimum Gasteiger partial charge on any atom is -0.452 e. The second kappa shape index (κ2) is 4.85. The first-order valence-electron chi connectivity index (χ1n) is 3.71. The molecule has 13 heavy (non-hydrogen) atoms. The van der Waals surface area contributed by atoms with E-state index in [2.05, 4.69) is 4.79 Å². The summed E-state index contributed by atoms with van der Waals surface area (Å²) in [5.74, 6) is -0.661. The largest absolute Gasteiger partial charge is 0.452 e. The Kier molecular flexibility index (Phi) is 3.42. The Balaban J connectivity index is 2.44. The van der Waals surface area contributed by atoms with Gasteiger partial charge in [0.2, 0.25) is 0 Å². The lowest BCUT2D eigenvalue weighted by Gasteiger charge is -1.98. The Morgan fingerprint density at radius 2 is 2.15 bits per heavy atom. The van der Waals surface area contributed by atoms with Gasteiger partial charge in [-0.25, -0.2) is 4.79 Å². The Morgan fingerprint density at radius 3 is 2.77 bits per heavy atom. The topological polar surface area (TPSA) is 62.7 Å². The molecule has 1 rings (SSSR count). The molecule has 4 heteroatoms. The maximum atomic E-state index is 10.7. The molecule has 0 amide bonds. The van der Waals surface area contributed by atoms with E-state index in [9.17, 15) is 4.79 Å². The number of hydrogen-bond acceptors (Lipinski definition) is 2. The molecule has 0 aliphatic heterocycles.